The number of amides is 1. The maximum atomic E-state index is 11.8. The van der Waals surface area contributed by atoms with Gasteiger partial charge in [-0.05, 0) is 13.8 Å². The number of carbonyl (C=O) groups excluding carboxylic acids is 1. The number of carbonyl (C=O) groups is 2. The predicted octanol–water partition coefficient (Wildman–Crippen LogP) is -0.772. The zero-order valence-electron chi connectivity index (χ0n) is 12.5. The van der Waals surface area contributed by atoms with Crippen LogP contribution in [0.15, 0.2) is 0 Å². The number of hydrogen-bond donors (Lipinski definition) is 2. The van der Waals surface area contributed by atoms with Crippen molar-refractivity contribution in [3.8, 4) is 0 Å². The summed E-state index contributed by atoms with van der Waals surface area (Å²) < 4.78 is 4.97. The van der Waals surface area contributed by atoms with Crippen LogP contribution in [0.3, 0.4) is 0 Å². The van der Waals surface area contributed by atoms with E-state index >= 15 is 0 Å². The van der Waals surface area contributed by atoms with Crippen molar-refractivity contribution < 1.29 is 19.4 Å². The second-order valence-corrected chi connectivity index (χ2v) is 5.25. The minimum Gasteiger partial charge on any atom is -0.480 e. The van der Waals surface area contributed by atoms with Crippen LogP contribution in [0, 0.1) is 0 Å². The maximum Gasteiger partial charge on any atom is 0.320 e. The van der Waals surface area contributed by atoms with E-state index in [4.69, 9.17) is 9.84 Å². The molecule has 0 aromatic heterocycles. The molecule has 0 aliphatic carbocycles. The van der Waals surface area contributed by atoms with Gasteiger partial charge in [-0.25, -0.2) is 0 Å². The van der Waals surface area contributed by atoms with Crippen molar-refractivity contribution in [3.63, 3.8) is 0 Å². The van der Waals surface area contributed by atoms with Gasteiger partial charge in [-0.2, -0.15) is 0 Å². The molecule has 1 aliphatic heterocycles. The van der Waals surface area contributed by atoms with Gasteiger partial charge in [0.2, 0.25) is 5.91 Å². The van der Waals surface area contributed by atoms with E-state index in [2.05, 4.69) is 5.32 Å². The Morgan fingerprint density at radius 2 is 1.85 bits per heavy atom. The summed E-state index contributed by atoms with van der Waals surface area (Å²) >= 11 is 0. The van der Waals surface area contributed by atoms with Gasteiger partial charge in [0, 0.05) is 39.3 Å². The van der Waals surface area contributed by atoms with Gasteiger partial charge in [0.1, 0.15) is 6.04 Å². The molecule has 0 aromatic rings. The highest BCUT2D eigenvalue weighted by molar-refractivity contribution is 5.78. The third-order valence-corrected chi connectivity index (χ3v) is 3.50. The quantitative estimate of drug-likeness (QED) is 0.640. The third kappa shape index (κ3) is 5.44. The van der Waals surface area contributed by atoms with E-state index in [0.29, 0.717) is 39.3 Å². The Hall–Kier alpha value is -1.18. The highest BCUT2D eigenvalue weighted by atomic mass is 16.5. The second kappa shape index (κ2) is 8.18. The Balaban J connectivity index is 2.28. The number of carboxylic acid groups (broad SMARTS) is 1. The lowest BCUT2D eigenvalue weighted by Gasteiger charge is -2.36. The molecule has 1 aliphatic rings. The average molecular weight is 287 g/mol. The molecule has 1 saturated heterocycles. The van der Waals surface area contributed by atoms with E-state index in [9.17, 15) is 9.59 Å². The molecule has 1 amide bonds. The molecular weight excluding hydrogens is 262 g/mol. The first kappa shape index (κ1) is 16.9. The zero-order chi connectivity index (χ0) is 15.1. The fourth-order valence-corrected chi connectivity index (χ4v) is 2.28. The summed E-state index contributed by atoms with van der Waals surface area (Å²) in [6, 6.07) is -0.464. The monoisotopic (exact) mass is 287 g/mol. The lowest BCUT2D eigenvalue weighted by molar-refractivity contribution is -0.143. The Morgan fingerprint density at radius 3 is 2.35 bits per heavy atom. The summed E-state index contributed by atoms with van der Waals surface area (Å²) in [5.74, 6) is -0.820. The zero-order valence-corrected chi connectivity index (χ0v) is 12.5. The first-order valence-electron chi connectivity index (χ1n) is 6.91. The smallest absolute Gasteiger partial charge is 0.320 e. The summed E-state index contributed by atoms with van der Waals surface area (Å²) in [5, 5.41) is 11.8. The SMILES string of the molecule is COCC(C)NC(=O)CN1CCN(C(C)C(=O)O)CC1. The third-order valence-electron chi connectivity index (χ3n) is 3.50. The van der Waals surface area contributed by atoms with E-state index < -0.39 is 12.0 Å². The van der Waals surface area contributed by atoms with E-state index in [1.54, 1.807) is 14.0 Å². The molecule has 0 spiro atoms. The lowest BCUT2D eigenvalue weighted by atomic mass is 10.2. The number of piperazine rings is 1. The van der Waals surface area contributed by atoms with Crippen LogP contribution in [0.5, 0.6) is 0 Å². The molecule has 2 atom stereocenters. The van der Waals surface area contributed by atoms with Crippen molar-refractivity contribution in [1.29, 1.82) is 0 Å². The van der Waals surface area contributed by atoms with Crippen LogP contribution in [0.2, 0.25) is 0 Å². The van der Waals surface area contributed by atoms with Gasteiger partial charge in [-0.3, -0.25) is 19.4 Å². The van der Waals surface area contributed by atoms with E-state index in [0.717, 1.165) is 0 Å². The van der Waals surface area contributed by atoms with Crippen molar-refractivity contribution in [1.82, 2.24) is 15.1 Å². The predicted molar refractivity (Wildman–Crippen MR) is 74.6 cm³/mol. The Bertz CT molecular complexity index is 330. The molecule has 1 heterocycles. The largest absolute Gasteiger partial charge is 0.480 e. The fraction of sp³-hybridized carbons (Fsp3) is 0.846. The van der Waals surface area contributed by atoms with Gasteiger partial charge in [0.15, 0.2) is 0 Å². The Labute approximate surface area is 119 Å². The van der Waals surface area contributed by atoms with Crippen molar-refractivity contribution in [2.45, 2.75) is 25.9 Å². The average Bonchev–Trinajstić information content (AvgIpc) is 2.38. The van der Waals surface area contributed by atoms with Crippen LogP contribution in [-0.4, -0.2) is 85.3 Å². The summed E-state index contributed by atoms with van der Waals surface area (Å²) in [6.45, 7) is 7.21. The van der Waals surface area contributed by atoms with Crippen LogP contribution in [0.1, 0.15) is 13.8 Å². The molecular formula is C13H25N3O4. The highest BCUT2D eigenvalue weighted by Crippen LogP contribution is 2.06. The first-order valence-corrected chi connectivity index (χ1v) is 6.91. The van der Waals surface area contributed by atoms with Crippen LogP contribution >= 0.6 is 0 Å². The lowest BCUT2D eigenvalue weighted by Crippen LogP contribution is -2.53. The number of methoxy groups -OCH3 is 1. The Morgan fingerprint density at radius 1 is 1.25 bits per heavy atom. The molecule has 1 fully saturated rings. The molecule has 20 heavy (non-hydrogen) atoms. The summed E-state index contributed by atoms with van der Waals surface area (Å²) in [5.41, 5.74) is 0. The van der Waals surface area contributed by atoms with Gasteiger partial charge >= 0.3 is 5.97 Å². The molecule has 7 nitrogen and oxygen atoms in total. The molecule has 2 unspecified atom stereocenters. The molecule has 0 bridgehead atoms. The van der Waals surface area contributed by atoms with Crippen LogP contribution in [0.25, 0.3) is 0 Å². The second-order valence-electron chi connectivity index (χ2n) is 5.25. The molecule has 7 heteroatoms. The minimum absolute atomic E-state index is 0.000761. The molecule has 0 saturated carbocycles. The van der Waals surface area contributed by atoms with Gasteiger partial charge in [0.05, 0.1) is 13.2 Å². The number of rotatable bonds is 7. The number of carboxylic acids is 1. The number of nitrogens with one attached hydrogen (secondary N) is 1. The highest BCUT2D eigenvalue weighted by Gasteiger charge is 2.25. The normalized spacial score (nSPS) is 20.4. The Kier molecular flexibility index (Phi) is 6.90. The van der Waals surface area contributed by atoms with E-state index in [1.165, 1.54) is 0 Å². The van der Waals surface area contributed by atoms with Crippen LogP contribution in [-0.2, 0) is 14.3 Å². The standard InChI is InChI=1S/C13H25N3O4/c1-10(9-20-3)14-12(17)8-15-4-6-16(7-5-15)11(2)13(18)19/h10-11H,4-9H2,1-3H3,(H,14,17)(H,18,19). The van der Waals surface area contributed by atoms with Crippen LogP contribution in [0.4, 0.5) is 0 Å². The minimum atomic E-state index is -0.801. The number of hydrogen-bond acceptors (Lipinski definition) is 5. The molecule has 1 rings (SSSR count). The van der Waals surface area contributed by atoms with E-state index in [-0.39, 0.29) is 11.9 Å². The molecule has 2 N–H and O–H groups in total. The maximum absolute atomic E-state index is 11.8. The van der Waals surface area contributed by atoms with Gasteiger partial charge in [-0.15, -0.1) is 0 Å². The van der Waals surface area contributed by atoms with Crippen molar-refractivity contribution >= 4 is 11.9 Å². The number of aliphatic carboxylic acids is 1. The molecule has 0 aromatic carbocycles. The van der Waals surface area contributed by atoms with Crippen molar-refractivity contribution in [3.05, 3.63) is 0 Å². The van der Waals surface area contributed by atoms with Gasteiger partial charge in [0.25, 0.3) is 0 Å². The van der Waals surface area contributed by atoms with Gasteiger partial charge in [-0.1, -0.05) is 0 Å². The fourth-order valence-electron chi connectivity index (χ4n) is 2.28. The molecule has 0 radical (unpaired) electrons. The molecule has 116 valence electrons. The van der Waals surface area contributed by atoms with Crippen molar-refractivity contribution in [2.75, 3.05) is 46.4 Å². The first-order chi connectivity index (χ1) is 9.43. The number of ether oxygens (including phenoxy) is 1. The topological polar surface area (TPSA) is 82.1 Å². The van der Waals surface area contributed by atoms with E-state index in [1.807, 2.05) is 16.7 Å². The van der Waals surface area contributed by atoms with Gasteiger partial charge < -0.3 is 15.2 Å². The summed E-state index contributed by atoms with van der Waals surface area (Å²) in [6.07, 6.45) is 0. The van der Waals surface area contributed by atoms with Crippen molar-refractivity contribution in [2.24, 2.45) is 0 Å². The summed E-state index contributed by atoms with van der Waals surface area (Å²) in [4.78, 5) is 26.7. The van der Waals surface area contributed by atoms with Crippen LogP contribution < -0.4 is 5.32 Å². The summed E-state index contributed by atoms with van der Waals surface area (Å²) in [7, 11) is 1.60. The number of nitrogens with zero attached hydrogens (tertiary/aromatic N) is 2.